The Kier molecular flexibility index (Phi) is 10.2. The van der Waals surface area contributed by atoms with Crippen molar-refractivity contribution in [3.8, 4) is 0 Å². The van der Waals surface area contributed by atoms with Crippen molar-refractivity contribution in [1.29, 1.82) is 0 Å². The fourth-order valence-corrected chi connectivity index (χ4v) is 36.9. The molecule has 304 valence electrons. The van der Waals surface area contributed by atoms with Gasteiger partial charge in [0.05, 0.1) is 0 Å². The minimum absolute atomic E-state index is 0.464. The average Bonchev–Trinajstić information content (AvgIpc) is 3.80. The molecule has 2 heteroatoms. The zero-order valence-electron chi connectivity index (χ0n) is 36.7. The van der Waals surface area contributed by atoms with Crippen LogP contribution in [-0.4, -0.2) is 8.07 Å². The SMILES string of the molecule is CCC[CH2][Zr]1([CH2]CCC)[CH]2C(C)=C(c3cccc4ccccc34)c3c2cccc3[Si](c2ccccc2)(c2ccccc2)c2cccc3c2C(c2cccc4ccccc24)=C(C)[CH]31. The molecule has 11 rings (SSSR count). The summed E-state index contributed by atoms with van der Waals surface area (Å²) in [6, 6.07) is 71.6. The fraction of sp³-hybridized carbons (Fsp3) is 0.200. The first-order valence-electron chi connectivity index (χ1n) is 23.3. The first kappa shape index (κ1) is 39.7. The third-order valence-electron chi connectivity index (χ3n) is 15.5. The van der Waals surface area contributed by atoms with Crippen molar-refractivity contribution >= 4 is 61.5 Å². The molecular formula is C60H56SiZr. The van der Waals surface area contributed by atoms with Crippen LogP contribution in [-0.2, 0) is 20.3 Å². The van der Waals surface area contributed by atoms with Gasteiger partial charge in [-0.2, -0.15) is 0 Å². The normalized spacial score (nSPS) is 18.2. The van der Waals surface area contributed by atoms with Crippen molar-refractivity contribution in [2.75, 3.05) is 0 Å². The van der Waals surface area contributed by atoms with E-state index in [1.807, 2.05) is 0 Å². The van der Waals surface area contributed by atoms with Crippen LogP contribution in [0.15, 0.2) is 193 Å². The Bertz CT molecular complexity index is 2860. The molecule has 8 bridgehead atoms. The average molecular weight is 896 g/mol. The van der Waals surface area contributed by atoms with Crippen LogP contribution in [0.5, 0.6) is 0 Å². The Morgan fingerprint density at radius 3 is 1.24 bits per heavy atom. The maximum atomic E-state index is 2.63. The number of hydrogen-bond acceptors (Lipinski definition) is 0. The molecule has 62 heavy (non-hydrogen) atoms. The van der Waals surface area contributed by atoms with Crippen molar-refractivity contribution in [3.63, 3.8) is 0 Å². The summed E-state index contributed by atoms with van der Waals surface area (Å²) in [5, 5.41) is 11.4. The minimum atomic E-state index is -3.59. The molecule has 0 fully saturated rings. The molecule has 8 aromatic carbocycles. The van der Waals surface area contributed by atoms with E-state index < -0.39 is 28.3 Å². The zero-order chi connectivity index (χ0) is 42.0. The van der Waals surface area contributed by atoms with Crippen molar-refractivity contribution in [3.05, 3.63) is 227 Å². The van der Waals surface area contributed by atoms with Gasteiger partial charge in [0, 0.05) is 0 Å². The van der Waals surface area contributed by atoms with Gasteiger partial charge in [0.1, 0.15) is 0 Å². The summed E-state index contributed by atoms with van der Waals surface area (Å²) in [6.07, 6.45) is 5.08. The van der Waals surface area contributed by atoms with Gasteiger partial charge in [-0.15, -0.1) is 0 Å². The molecule has 0 amide bonds. The molecule has 0 saturated heterocycles. The summed E-state index contributed by atoms with van der Waals surface area (Å²) < 4.78 is 3.72. The van der Waals surface area contributed by atoms with Crippen LogP contribution in [0.1, 0.15) is 94.0 Å². The van der Waals surface area contributed by atoms with Crippen LogP contribution in [0.4, 0.5) is 0 Å². The Hall–Kier alpha value is -5.14. The number of hydrogen-bond donors (Lipinski definition) is 0. The molecule has 0 aromatic heterocycles. The van der Waals surface area contributed by atoms with Crippen LogP contribution in [0.2, 0.25) is 8.26 Å². The first-order chi connectivity index (χ1) is 30.5. The molecule has 8 aromatic rings. The molecule has 3 aliphatic rings. The van der Waals surface area contributed by atoms with Crippen LogP contribution in [0.25, 0.3) is 32.7 Å². The summed E-state index contributed by atoms with van der Waals surface area (Å²) >= 11 is -3.59. The Balaban J connectivity index is 1.40. The Morgan fingerprint density at radius 2 is 0.806 bits per heavy atom. The molecular weight excluding hydrogens is 840 g/mol. The van der Waals surface area contributed by atoms with Crippen LogP contribution >= 0.6 is 0 Å². The second kappa shape index (κ2) is 15.9. The molecule has 0 N–H and O–H groups in total. The maximum absolute atomic E-state index is 3.59. The van der Waals surface area contributed by atoms with E-state index in [2.05, 4.69) is 210 Å². The summed E-state index contributed by atoms with van der Waals surface area (Å²) in [5.74, 6) is 0. The second-order valence-electron chi connectivity index (χ2n) is 18.5. The van der Waals surface area contributed by atoms with Crippen molar-refractivity contribution in [2.24, 2.45) is 0 Å². The van der Waals surface area contributed by atoms with E-state index in [0.717, 1.165) is 0 Å². The molecule has 0 saturated carbocycles. The van der Waals surface area contributed by atoms with E-state index >= 15 is 0 Å². The number of allylic oxidation sites excluding steroid dienone is 2. The van der Waals surface area contributed by atoms with Gasteiger partial charge < -0.3 is 0 Å². The van der Waals surface area contributed by atoms with Crippen LogP contribution < -0.4 is 20.7 Å². The summed E-state index contributed by atoms with van der Waals surface area (Å²) in [5.41, 5.74) is 15.6. The summed E-state index contributed by atoms with van der Waals surface area (Å²) in [4.78, 5) is 0. The van der Waals surface area contributed by atoms with E-state index in [1.54, 1.807) is 43.8 Å². The molecule has 0 nitrogen and oxygen atoms in total. The Morgan fingerprint density at radius 1 is 0.419 bits per heavy atom. The summed E-state index contributed by atoms with van der Waals surface area (Å²) in [6.45, 7) is 10.1. The fourth-order valence-electron chi connectivity index (χ4n) is 13.2. The van der Waals surface area contributed by atoms with Crippen molar-refractivity contribution < 1.29 is 20.3 Å². The monoisotopic (exact) mass is 894 g/mol. The molecule has 0 spiro atoms. The van der Waals surface area contributed by atoms with Crippen LogP contribution in [0.3, 0.4) is 0 Å². The standard InChI is InChI=1S/C52H38Si.2C4H9.Zr/c1-35-33-39-21-15-31-47(51(39)49(35)45-29-13-19-37-17-9-11-27-43(37)45)53(41-23-5-3-6-24-41,42-25-7-4-8-26-42)48-32-16-22-40-34-36(2)50(52(40)48)46-30-14-20-38-18-10-12-28-44(38)46;2*1-3-4-2;/h3-34H,1-2H3;2*1,3-4H2,2H3;. The van der Waals surface area contributed by atoms with Gasteiger partial charge in [0.2, 0.25) is 0 Å². The number of unbranched alkanes of at least 4 members (excludes halogenated alkanes) is 2. The van der Waals surface area contributed by atoms with Gasteiger partial charge in [0.15, 0.2) is 0 Å². The topological polar surface area (TPSA) is 0 Å². The predicted molar refractivity (Wildman–Crippen MR) is 266 cm³/mol. The summed E-state index contributed by atoms with van der Waals surface area (Å²) in [7, 11) is -3.11. The van der Waals surface area contributed by atoms with E-state index in [-0.39, 0.29) is 0 Å². The second-order valence-corrected chi connectivity index (χ2v) is 33.6. The zero-order valence-corrected chi connectivity index (χ0v) is 40.2. The number of benzene rings is 8. The van der Waals surface area contributed by atoms with E-state index in [0.29, 0.717) is 7.25 Å². The molecule has 2 unspecified atom stereocenters. The van der Waals surface area contributed by atoms with Gasteiger partial charge in [-0.05, 0) is 0 Å². The van der Waals surface area contributed by atoms with E-state index in [4.69, 9.17) is 0 Å². The van der Waals surface area contributed by atoms with Crippen molar-refractivity contribution in [2.45, 2.75) is 68.9 Å². The van der Waals surface area contributed by atoms with Gasteiger partial charge in [-0.1, -0.05) is 0 Å². The third-order valence-corrected chi connectivity index (χ3v) is 35.9. The first-order valence-corrected chi connectivity index (χ1v) is 31.6. The molecule has 2 aliphatic carbocycles. The van der Waals surface area contributed by atoms with Crippen molar-refractivity contribution in [1.82, 2.24) is 0 Å². The van der Waals surface area contributed by atoms with Crippen LogP contribution in [0, 0.1) is 0 Å². The number of rotatable bonds is 10. The van der Waals surface area contributed by atoms with Gasteiger partial charge in [0.25, 0.3) is 0 Å². The van der Waals surface area contributed by atoms with E-state index in [1.165, 1.54) is 88.1 Å². The quantitative estimate of drug-likeness (QED) is 0.120. The third kappa shape index (κ3) is 5.72. The number of fused-ring (bicyclic) bond motifs is 2. The Labute approximate surface area is 374 Å². The molecule has 0 radical (unpaired) electrons. The van der Waals surface area contributed by atoms with E-state index in [9.17, 15) is 0 Å². The van der Waals surface area contributed by atoms with Gasteiger partial charge in [-0.3, -0.25) is 0 Å². The van der Waals surface area contributed by atoms with Gasteiger partial charge >= 0.3 is 377 Å². The molecule has 1 aliphatic heterocycles. The van der Waals surface area contributed by atoms with Gasteiger partial charge in [-0.25, -0.2) is 0 Å². The predicted octanol–water partition coefficient (Wildman–Crippen LogP) is 13.7. The molecule has 1 heterocycles. The molecule has 2 atom stereocenters.